The lowest BCUT2D eigenvalue weighted by atomic mass is 10.2. The summed E-state index contributed by atoms with van der Waals surface area (Å²) in [5.41, 5.74) is 0.779. The summed E-state index contributed by atoms with van der Waals surface area (Å²) >= 11 is 6.50. The van der Waals surface area contributed by atoms with Crippen LogP contribution in [0.1, 0.15) is 24.8 Å². The smallest absolute Gasteiger partial charge is 0.305 e. The van der Waals surface area contributed by atoms with E-state index in [1.807, 2.05) is 6.07 Å². The lowest BCUT2D eigenvalue weighted by Gasteiger charge is -2.14. The Morgan fingerprint density at radius 3 is 2.62 bits per heavy atom. The minimum Gasteiger partial charge on any atom is -0.493 e. The van der Waals surface area contributed by atoms with E-state index in [4.69, 9.17) is 26.8 Å². The first kappa shape index (κ1) is 22.7. The number of carboxylic acids is 1. The highest BCUT2D eigenvalue weighted by Crippen LogP contribution is 2.34. The number of carboxylic acid groups (broad SMARTS) is 1. The van der Waals surface area contributed by atoms with Crippen LogP contribution in [0.25, 0.3) is 6.08 Å². The molecule has 0 radical (unpaired) electrons. The molecule has 8 nitrogen and oxygen atoms in total. The Balaban J connectivity index is 1.93. The molecule has 1 saturated heterocycles. The van der Waals surface area contributed by atoms with E-state index in [1.165, 1.54) is 16.7 Å². The highest BCUT2D eigenvalue weighted by Gasteiger charge is 2.31. The van der Waals surface area contributed by atoms with Gasteiger partial charge in [0.15, 0.2) is 11.5 Å². The molecule has 156 valence electrons. The van der Waals surface area contributed by atoms with Crippen LogP contribution in [0.5, 0.6) is 11.5 Å². The van der Waals surface area contributed by atoms with Gasteiger partial charge in [-0.2, -0.15) is 0 Å². The third-order valence-corrected chi connectivity index (χ3v) is 5.40. The topological polar surface area (TPSA) is 105 Å². The number of nitrogens with one attached hydrogen (secondary N) is 1. The Morgan fingerprint density at radius 2 is 1.97 bits per heavy atom. The SMILES string of the molecule is COc1ccc(/C=C2\SC(=S)N(CCCC(=O)NCCC(=O)O)C2=O)cc1OC. The molecule has 29 heavy (non-hydrogen) atoms. The summed E-state index contributed by atoms with van der Waals surface area (Å²) in [7, 11) is 3.09. The van der Waals surface area contributed by atoms with E-state index in [9.17, 15) is 14.4 Å². The van der Waals surface area contributed by atoms with Crippen molar-refractivity contribution in [2.45, 2.75) is 19.3 Å². The van der Waals surface area contributed by atoms with Crippen LogP contribution >= 0.6 is 24.0 Å². The standard InChI is InChI=1S/C19H22N2O6S2/c1-26-13-6-5-12(10-14(13)27-2)11-15-18(25)21(19(28)29-15)9-3-4-16(22)20-8-7-17(23)24/h5-6,10-11H,3-4,7-9H2,1-2H3,(H,20,22)(H,23,24)/b15-11-. The molecule has 2 rings (SSSR count). The van der Waals surface area contributed by atoms with Crippen molar-refractivity contribution in [3.8, 4) is 11.5 Å². The Hall–Kier alpha value is -2.59. The fraction of sp³-hybridized carbons (Fsp3) is 0.368. The number of nitrogens with zero attached hydrogens (tertiary/aromatic N) is 1. The van der Waals surface area contributed by atoms with Gasteiger partial charge >= 0.3 is 5.97 Å². The van der Waals surface area contributed by atoms with Gasteiger partial charge in [-0.05, 0) is 30.2 Å². The molecule has 1 aliphatic rings. The second kappa shape index (κ2) is 10.8. The maximum atomic E-state index is 12.6. The molecule has 0 unspecified atom stereocenters. The Morgan fingerprint density at radius 1 is 1.24 bits per heavy atom. The van der Waals surface area contributed by atoms with Gasteiger partial charge in [-0.25, -0.2) is 0 Å². The van der Waals surface area contributed by atoms with Gasteiger partial charge in [0.2, 0.25) is 5.91 Å². The highest BCUT2D eigenvalue weighted by molar-refractivity contribution is 8.26. The first-order valence-corrected chi connectivity index (χ1v) is 10.0. The van der Waals surface area contributed by atoms with Crippen LogP contribution in [0.2, 0.25) is 0 Å². The fourth-order valence-corrected chi connectivity index (χ4v) is 3.89. The number of rotatable bonds is 10. The van der Waals surface area contributed by atoms with Crippen molar-refractivity contribution in [1.82, 2.24) is 10.2 Å². The number of carbonyl (C=O) groups excluding carboxylic acids is 2. The molecule has 1 aromatic rings. The van der Waals surface area contributed by atoms with Crippen LogP contribution in [0, 0.1) is 0 Å². The lowest BCUT2D eigenvalue weighted by molar-refractivity contribution is -0.137. The molecule has 1 aromatic carbocycles. The normalized spacial score (nSPS) is 15.0. The summed E-state index contributed by atoms with van der Waals surface area (Å²) in [6, 6.07) is 5.34. The monoisotopic (exact) mass is 438 g/mol. The van der Waals surface area contributed by atoms with Crippen LogP contribution in [-0.2, 0) is 14.4 Å². The Kier molecular flexibility index (Phi) is 8.47. The van der Waals surface area contributed by atoms with Crippen LogP contribution in [0.4, 0.5) is 0 Å². The van der Waals surface area contributed by atoms with E-state index in [2.05, 4.69) is 5.32 Å². The van der Waals surface area contributed by atoms with Gasteiger partial charge in [0.05, 0.1) is 25.5 Å². The van der Waals surface area contributed by atoms with E-state index >= 15 is 0 Å². The van der Waals surface area contributed by atoms with Crippen molar-refractivity contribution in [3.63, 3.8) is 0 Å². The lowest BCUT2D eigenvalue weighted by Crippen LogP contribution is -2.31. The summed E-state index contributed by atoms with van der Waals surface area (Å²) in [5.74, 6) is -0.271. The number of thioether (sulfide) groups is 1. The summed E-state index contributed by atoms with van der Waals surface area (Å²) in [6.07, 6.45) is 2.22. The number of benzene rings is 1. The zero-order chi connectivity index (χ0) is 21.4. The van der Waals surface area contributed by atoms with Crippen molar-refractivity contribution in [2.24, 2.45) is 0 Å². The molecule has 0 aromatic heterocycles. The van der Waals surface area contributed by atoms with Crippen LogP contribution < -0.4 is 14.8 Å². The van der Waals surface area contributed by atoms with Gasteiger partial charge in [-0.3, -0.25) is 19.3 Å². The van der Waals surface area contributed by atoms with Crippen molar-refractivity contribution in [3.05, 3.63) is 28.7 Å². The third kappa shape index (κ3) is 6.47. The number of amides is 2. The van der Waals surface area contributed by atoms with Crippen molar-refractivity contribution in [1.29, 1.82) is 0 Å². The summed E-state index contributed by atoms with van der Waals surface area (Å²) in [6.45, 7) is 0.406. The predicted octanol–water partition coefficient (Wildman–Crippen LogP) is 2.28. The highest BCUT2D eigenvalue weighted by atomic mass is 32.2. The van der Waals surface area contributed by atoms with E-state index in [0.717, 1.165) is 5.56 Å². The summed E-state index contributed by atoms with van der Waals surface area (Å²) in [4.78, 5) is 36.8. The van der Waals surface area contributed by atoms with E-state index < -0.39 is 5.97 Å². The third-order valence-electron chi connectivity index (χ3n) is 4.03. The number of aliphatic carboxylic acids is 1. The van der Waals surface area contributed by atoms with Crippen molar-refractivity contribution in [2.75, 3.05) is 27.3 Å². The molecule has 0 bridgehead atoms. The largest absolute Gasteiger partial charge is 0.493 e. The number of thiocarbonyl (C=S) groups is 1. The average Bonchev–Trinajstić information content (AvgIpc) is 2.94. The van der Waals surface area contributed by atoms with Crippen LogP contribution in [0.15, 0.2) is 23.1 Å². The number of carbonyl (C=O) groups is 3. The number of hydrogen-bond acceptors (Lipinski definition) is 7. The first-order valence-electron chi connectivity index (χ1n) is 8.81. The molecule has 0 saturated carbocycles. The van der Waals surface area contributed by atoms with Gasteiger partial charge in [0.1, 0.15) is 4.32 Å². The summed E-state index contributed by atoms with van der Waals surface area (Å²) in [5, 5.41) is 11.1. The Labute approximate surface area is 178 Å². The van der Waals surface area contributed by atoms with Crippen LogP contribution in [-0.4, -0.2) is 59.4 Å². The molecule has 1 heterocycles. The quantitative estimate of drug-likeness (QED) is 0.423. The Bertz CT molecular complexity index is 840. The minimum atomic E-state index is -0.968. The van der Waals surface area contributed by atoms with E-state index in [0.29, 0.717) is 33.7 Å². The minimum absolute atomic E-state index is 0.0866. The maximum Gasteiger partial charge on any atom is 0.305 e. The first-order chi connectivity index (χ1) is 13.8. The fourth-order valence-electron chi connectivity index (χ4n) is 2.58. The number of methoxy groups -OCH3 is 2. The molecule has 2 amide bonds. The zero-order valence-corrected chi connectivity index (χ0v) is 17.7. The van der Waals surface area contributed by atoms with Crippen molar-refractivity contribution >= 4 is 52.2 Å². The number of ether oxygens (including phenoxy) is 2. The molecule has 0 spiro atoms. The number of hydrogen-bond donors (Lipinski definition) is 2. The van der Waals surface area contributed by atoms with Gasteiger partial charge in [0.25, 0.3) is 5.91 Å². The van der Waals surface area contributed by atoms with Gasteiger partial charge in [-0.1, -0.05) is 30.0 Å². The second-order valence-corrected chi connectivity index (χ2v) is 7.72. The predicted molar refractivity (Wildman–Crippen MR) is 114 cm³/mol. The van der Waals surface area contributed by atoms with Gasteiger partial charge < -0.3 is 19.9 Å². The second-order valence-electron chi connectivity index (χ2n) is 6.05. The molecule has 0 atom stereocenters. The molecular formula is C19H22N2O6S2. The molecule has 1 aliphatic heterocycles. The molecule has 10 heteroatoms. The maximum absolute atomic E-state index is 12.6. The molecule has 2 N–H and O–H groups in total. The van der Waals surface area contributed by atoms with E-state index in [-0.39, 0.29) is 31.2 Å². The van der Waals surface area contributed by atoms with Crippen LogP contribution in [0.3, 0.4) is 0 Å². The molecular weight excluding hydrogens is 416 g/mol. The van der Waals surface area contributed by atoms with Crippen molar-refractivity contribution < 1.29 is 29.0 Å². The van der Waals surface area contributed by atoms with Gasteiger partial charge in [-0.15, -0.1) is 0 Å². The van der Waals surface area contributed by atoms with Gasteiger partial charge in [0, 0.05) is 19.5 Å². The zero-order valence-electron chi connectivity index (χ0n) is 16.1. The molecule has 1 fully saturated rings. The average molecular weight is 439 g/mol. The van der Waals surface area contributed by atoms with E-state index in [1.54, 1.807) is 32.4 Å². The molecule has 0 aliphatic carbocycles. The summed E-state index contributed by atoms with van der Waals surface area (Å²) < 4.78 is 10.9.